The molecule has 3 saturated heterocycles. The first-order valence-electron chi connectivity index (χ1n) is 21.8. The average Bonchev–Trinajstić information content (AvgIpc) is 3.35. The highest BCUT2D eigenvalue weighted by Crippen LogP contribution is 2.39. The van der Waals surface area contributed by atoms with Crippen LogP contribution in [0.5, 0.6) is 28.7 Å². The number of fused-ring (bicyclic) bond motifs is 2. The van der Waals surface area contributed by atoms with Crippen LogP contribution < -0.4 is 20.3 Å². The second kappa shape index (κ2) is 20.6. The normalized spacial score (nSPS) is 31.2. The van der Waals surface area contributed by atoms with E-state index in [-0.39, 0.29) is 39.9 Å². The fraction of sp³-hybridized carbons (Fsp3) is 0.375. The van der Waals surface area contributed by atoms with Gasteiger partial charge >= 0.3 is 0 Å². The maximum absolute atomic E-state index is 14.0. The zero-order valence-electron chi connectivity index (χ0n) is 37.0. The van der Waals surface area contributed by atoms with Gasteiger partial charge in [0.2, 0.25) is 34.9 Å². The molecule has 374 valence electrons. The monoisotopic (exact) mass is 978 g/mol. The molecule has 3 fully saturated rings. The second-order valence-electron chi connectivity index (χ2n) is 16.9. The Bertz CT molecular complexity index is 2890. The van der Waals surface area contributed by atoms with E-state index >= 15 is 0 Å². The van der Waals surface area contributed by atoms with Crippen LogP contribution >= 0.6 is 0 Å². The van der Waals surface area contributed by atoms with Crippen LogP contribution in [0.25, 0.3) is 44.6 Å². The highest BCUT2D eigenvalue weighted by atomic mass is 16.7. The number of phenolic OH excluding ortho intramolecular Hbond substituents is 2. The van der Waals surface area contributed by atoms with E-state index in [9.17, 15) is 70.9 Å². The number of para-hydroxylation sites is 1. The molecule has 4 aromatic carbocycles. The number of aliphatic hydroxyl groups excluding tert-OH is 9. The van der Waals surface area contributed by atoms with Gasteiger partial charge in [0.1, 0.15) is 94.8 Å². The van der Waals surface area contributed by atoms with Crippen LogP contribution in [0, 0.1) is 0 Å². The third kappa shape index (κ3) is 9.91. The number of rotatable bonds is 9. The molecule has 3 aliphatic heterocycles. The van der Waals surface area contributed by atoms with Crippen LogP contribution in [0.1, 0.15) is 13.8 Å². The number of benzene rings is 4. The van der Waals surface area contributed by atoms with Gasteiger partial charge in [-0.3, -0.25) is 9.59 Å². The first-order chi connectivity index (χ1) is 33.3. The molecule has 0 bridgehead atoms. The maximum Gasteiger partial charge on any atom is 0.239 e. The van der Waals surface area contributed by atoms with Gasteiger partial charge in [-0.25, -0.2) is 0 Å². The van der Waals surface area contributed by atoms with E-state index in [1.807, 2.05) is 18.2 Å². The molecule has 22 heteroatoms. The number of hydrogen-bond donors (Lipinski definition) is 12. The third-order valence-corrected chi connectivity index (χ3v) is 12.0. The van der Waals surface area contributed by atoms with E-state index in [0.717, 1.165) is 6.07 Å². The summed E-state index contributed by atoms with van der Waals surface area (Å²) >= 11 is 0. The first kappa shape index (κ1) is 50.2. The molecule has 6 aromatic rings. The van der Waals surface area contributed by atoms with Gasteiger partial charge in [-0.15, -0.1) is 0 Å². The highest BCUT2D eigenvalue weighted by molar-refractivity contribution is 5.88. The molecule has 0 unspecified atom stereocenters. The van der Waals surface area contributed by atoms with E-state index in [1.165, 1.54) is 44.2 Å². The van der Waals surface area contributed by atoms with Crippen molar-refractivity contribution in [3.63, 3.8) is 0 Å². The van der Waals surface area contributed by atoms with Gasteiger partial charge in [0, 0.05) is 23.3 Å². The Balaban J connectivity index is 0.000000304. The molecule has 2 aromatic heterocycles. The summed E-state index contributed by atoms with van der Waals surface area (Å²) in [5.74, 6) is -2.15. The Kier molecular flexibility index (Phi) is 14.8. The van der Waals surface area contributed by atoms with Gasteiger partial charge in [-0.2, -0.15) is 0 Å². The first-order valence-corrected chi connectivity index (χ1v) is 21.8. The molecule has 5 heterocycles. The lowest BCUT2D eigenvalue weighted by molar-refractivity contribution is -0.318. The predicted molar refractivity (Wildman–Crippen MR) is 239 cm³/mol. The summed E-state index contributed by atoms with van der Waals surface area (Å²) in [6, 6.07) is 23.3. The molecule has 0 radical (unpaired) electrons. The minimum atomic E-state index is -1.98. The number of ether oxygens (including phenoxy) is 6. The number of aliphatic hydroxyl groups is 9. The van der Waals surface area contributed by atoms with E-state index in [2.05, 4.69) is 0 Å². The fourth-order valence-electron chi connectivity index (χ4n) is 8.01. The standard InChI is InChI=1S/C33H40O19.C15H10O3/c1-10-19(36)23(40)26(43)31(47-10)46-9-17-21(38)25(42)28(45)33(51-17)52-30-22(39)18-15(35)7-14(49-32-27(44)24(41)20(37)11(2)48-32)8-16(18)50-29(30)12-3-5-13(34)6-4-12;16-13-11-8-4-5-9-12(11)18-15(14(13)17)10-6-2-1-3-7-10/h3-8,10-11,17,19-21,23-28,31-38,40-45H,9H2,1-2H3;1-9,17H/t10-,11-,17+,19-,20-,21-,23+,24+,25-,26+,27+,28+,31+,32-,33-;/m0./s1. The molecule has 22 nitrogen and oxygen atoms in total. The summed E-state index contributed by atoms with van der Waals surface area (Å²) in [5.41, 5.74) is -0.418. The van der Waals surface area contributed by atoms with Crippen molar-refractivity contribution in [1.82, 2.24) is 0 Å². The van der Waals surface area contributed by atoms with E-state index in [0.29, 0.717) is 16.5 Å². The van der Waals surface area contributed by atoms with Crippen molar-refractivity contribution in [3.05, 3.63) is 111 Å². The fourth-order valence-corrected chi connectivity index (χ4v) is 8.01. The summed E-state index contributed by atoms with van der Waals surface area (Å²) in [6.45, 7) is 2.25. The molecular weight excluding hydrogens is 929 g/mol. The Morgan fingerprint density at radius 3 is 1.71 bits per heavy atom. The Morgan fingerprint density at radius 2 is 1.06 bits per heavy atom. The third-order valence-electron chi connectivity index (χ3n) is 12.0. The van der Waals surface area contributed by atoms with Gasteiger partial charge in [0.05, 0.1) is 24.2 Å². The summed E-state index contributed by atoms with van der Waals surface area (Å²) in [5, 5.41) is 124. The Hall–Kier alpha value is -6.22. The molecule has 12 N–H and O–H groups in total. The minimum absolute atomic E-state index is 0.138. The van der Waals surface area contributed by atoms with E-state index < -0.39 is 126 Å². The lowest BCUT2D eigenvalue weighted by Gasteiger charge is -2.42. The van der Waals surface area contributed by atoms with Crippen LogP contribution in [0.15, 0.2) is 109 Å². The van der Waals surface area contributed by atoms with Gasteiger partial charge in [0.25, 0.3) is 0 Å². The zero-order chi connectivity index (χ0) is 50.3. The van der Waals surface area contributed by atoms with Crippen molar-refractivity contribution < 1.29 is 98.5 Å². The van der Waals surface area contributed by atoms with Gasteiger partial charge in [-0.1, -0.05) is 42.5 Å². The zero-order valence-corrected chi connectivity index (χ0v) is 37.0. The van der Waals surface area contributed by atoms with Crippen LogP contribution in [0.3, 0.4) is 0 Å². The largest absolute Gasteiger partial charge is 0.508 e. The van der Waals surface area contributed by atoms with Crippen LogP contribution in [0.2, 0.25) is 0 Å². The molecule has 0 amide bonds. The summed E-state index contributed by atoms with van der Waals surface area (Å²) in [4.78, 5) is 26.0. The lowest BCUT2D eigenvalue weighted by atomic mass is 9.98. The minimum Gasteiger partial charge on any atom is -0.508 e. The molecule has 0 saturated carbocycles. The van der Waals surface area contributed by atoms with E-state index in [4.69, 9.17) is 37.3 Å². The van der Waals surface area contributed by atoms with Gasteiger partial charge in [0.15, 0.2) is 17.8 Å². The summed E-state index contributed by atoms with van der Waals surface area (Å²) < 4.78 is 45.1. The van der Waals surface area contributed by atoms with E-state index in [1.54, 1.807) is 36.4 Å². The predicted octanol–water partition coefficient (Wildman–Crippen LogP) is 0.274. The number of hydrogen-bond acceptors (Lipinski definition) is 22. The molecular formula is C48H50O22. The lowest BCUT2D eigenvalue weighted by Crippen LogP contribution is -2.61. The average molecular weight is 979 g/mol. The molecule has 15 atom stereocenters. The van der Waals surface area contributed by atoms with Crippen LogP contribution in [-0.4, -0.2) is 160 Å². The van der Waals surface area contributed by atoms with Crippen molar-refractivity contribution in [1.29, 1.82) is 0 Å². The molecule has 0 aliphatic carbocycles. The van der Waals surface area contributed by atoms with Crippen molar-refractivity contribution >= 4 is 21.9 Å². The molecule has 9 rings (SSSR count). The topological polar surface area (TPSA) is 359 Å². The van der Waals surface area contributed by atoms with Crippen molar-refractivity contribution in [2.45, 2.75) is 106 Å². The number of aromatic hydroxyl groups is 3. The Labute approximate surface area is 395 Å². The van der Waals surface area contributed by atoms with Crippen LogP contribution in [0.4, 0.5) is 0 Å². The van der Waals surface area contributed by atoms with Crippen molar-refractivity contribution in [2.75, 3.05) is 6.61 Å². The molecule has 3 aliphatic rings. The quantitative estimate of drug-likeness (QED) is 0.0925. The Morgan fingerprint density at radius 1 is 0.514 bits per heavy atom. The smallest absolute Gasteiger partial charge is 0.239 e. The maximum atomic E-state index is 14.0. The van der Waals surface area contributed by atoms with Crippen molar-refractivity contribution in [3.8, 4) is 51.4 Å². The van der Waals surface area contributed by atoms with Crippen LogP contribution in [-0.2, 0) is 18.9 Å². The summed E-state index contributed by atoms with van der Waals surface area (Å²) in [7, 11) is 0. The number of phenols is 2. The van der Waals surface area contributed by atoms with Gasteiger partial charge < -0.3 is 98.5 Å². The van der Waals surface area contributed by atoms with Gasteiger partial charge in [-0.05, 0) is 50.2 Å². The molecule has 70 heavy (non-hydrogen) atoms. The molecule has 0 spiro atoms. The summed E-state index contributed by atoms with van der Waals surface area (Å²) in [6.07, 6.45) is -23.5. The SMILES string of the molecule is C[C@@H]1O[C@@H](OC[C@H]2O[C@@H](Oc3c(-c4ccc(O)cc4)oc4cc(O[C@@H]5O[C@@H](C)[C@H](O)[C@@H](O)[C@H]5O)cc(O)c4c3=O)[C@H](O)[C@@H](O)[C@H]2O)[C@H](O)[C@H](O)[C@H]1O.O=c1c(O)c(-c2ccccc2)oc2ccccc12. The highest BCUT2D eigenvalue weighted by Gasteiger charge is 2.48. The second-order valence-corrected chi connectivity index (χ2v) is 16.9. The van der Waals surface area contributed by atoms with Crippen molar-refractivity contribution in [2.24, 2.45) is 0 Å².